The Kier molecular flexibility index (Phi) is 5.26. The SMILES string of the molecule is CCc1ccc2nc(N3C(=O)c4oc5ccccc5c(=O)c4[C@H]3c3cccc(OC)c3OC)sc2c1. The first-order valence-electron chi connectivity index (χ1n) is 11.5. The Hall–Kier alpha value is -4.17. The number of carbonyl (C=O) groups excluding carboxylic acids is 1. The Morgan fingerprint density at radius 3 is 2.64 bits per heavy atom. The van der Waals surface area contributed by atoms with E-state index in [-0.39, 0.29) is 16.8 Å². The molecule has 0 N–H and O–H groups in total. The molecule has 1 atom stereocenters. The molecule has 6 rings (SSSR count). The minimum absolute atomic E-state index is 0.0158. The number of benzene rings is 3. The van der Waals surface area contributed by atoms with E-state index in [1.165, 1.54) is 24.0 Å². The van der Waals surface area contributed by atoms with Gasteiger partial charge in [-0.3, -0.25) is 14.5 Å². The highest BCUT2D eigenvalue weighted by Gasteiger charge is 2.46. The minimum atomic E-state index is -0.801. The summed E-state index contributed by atoms with van der Waals surface area (Å²) in [5.74, 6) is 0.537. The van der Waals surface area contributed by atoms with Gasteiger partial charge in [-0.05, 0) is 42.3 Å². The second-order valence-corrected chi connectivity index (χ2v) is 9.49. The lowest BCUT2D eigenvalue weighted by atomic mass is 9.97. The van der Waals surface area contributed by atoms with Crippen molar-refractivity contribution in [2.24, 2.45) is 0 Å². The fourth-order valence-corrected chi connectivity index (χ4v) is 5.87. The fourth-order valence-electron chi connectivity index (χ4n) is 4.82. The highest BCUT2D eigenvalue weighted by Crippen LogP contribution is 2.47. The van der Waals surface area contributed by atoms with E-state index in [1.54, 1.807) is 42.3 Å². The van der Waals surface area contributed by atoms with Crippen LogP contribution in [0.15, 0.2) is 69.9 Å². The molecule has 0 spiro atoms. The summed E-state index contributed by atoms with van der Waals surface area (Å²) >= 11 is 1.41. The number of nitrogens with zero attached hydrogens (tertiary/aromatic N) is 2. The number of hydrogen-bond donors (Lipinski definition) is 0. The van der Waals surface area contributed by atoms with E-state index in [9.17, 15) is 9.59 Å². The summed E-state index contributed by atoms with van der Waals surface area (Å²) in [6.45, 7) is 2.09. The Bertz CT molecular complexity index is 1720. The summed E-state index contributed by atoms with van der Waals surface area (Å²) in [4.78, 5) is 34.1. The number of hydrogen-bond acceptors (Lipinski definition) is 7. The minimum Gasteiger partial charge on any atom is -0.493 e. The average molecular weight is 499 g/mol. The molecule has 0 unspecified atom stereocenters. The normalized spacial score (nSPS) is 15.0. The molecule has 0 saturated carbocycles. The second-order valence-electron chi connectivity index (χ2n) is 8.48. The predicted molar refractivity (Wildman–Crippen MR) is 140 cm³/mol. The van der Waals surface area contributed by atoms with Gasteiger partial charge in [0.05, 0.1) is 35.4 Å². The van der Waals surface area contributed by atoms with E-state index >= 15 is 0 Å². The number of aromatic nitrogens is 1. The molecular weight excluding hydrogens is 476 g/mol. The molecule has 1 aliphatic rings. The lowest BCUT2D eigenvalue weighted by Crippen LogP contribution is -2.29. The summed E-state index contributed by atoms with van der Waals surface area (Å²) in [5, 5.41) is 0.891. The van der Waals surface area contributed by atoms with Crippen LogP contribution in [-0.4, -0.2) is 25.1 Å². The first-order chi connectivity index (χ1) is 17.5. The molecule has 0 saturated heterocycles. The molecule has 2 aromatic heterocycles. The summed E-state index contributed by atoms with van der Waals surface area (Å²) in [7, 11) is 3.09. The largest absolute Gasteiger partial charge is 0.493 e. The standard InChI is InChI=1S/C28H22N2O5S/c1-4-15-12-13-18-21(14-15)36-28(29-18)30-23(17-9-7-11-20(33-2)25(17)34-3)22-24(31)16-8-5-6-10-19(16)35-26(22)27(30)32/h5-14,23H,4H2,1-3H3/t23-/m1/s1. The molecule has 0 fully saturated rings. The van der Waals surface area contributed by atoms with Gasteiger partial charge in [-0.1, -0.05) is 48.6 Å². The first-order valence-corrected chi connectivity index (χ1v) is 12.4. The zero-order chi connectivity index (χ0) is 25.0. The molecule has 36 heavy (non-hydrogen) atoms. The Morgan fingerprint density at radius 2 is 1.86 bits per heavy atom. The highest BCUT2D eigenvalue weighted by atomic mass is 32.1. The summed E-state index contributed by atoms with van der Waals surface area (Å²) in [5.41, 5.74) is 2.95. The van der Waals surface area contributed by atoms with Crippen LogP contribution in [0.3, 0.4) is 0 Å². The molecule has 0 bridgehead atoms. The molecule has 3 aromatic carbocycles. The molecule has 1 amide bonds. The third kappa shape index (κ3) is 3.21. The topological polar surface area (TPSA) is 81.9 Å². The van der Waals surface area contributed by atoms with Gasteiger partial charge in [0.25, 0.3) is 5.91 Å². The predicted octanol–water partition coefficient (Wildman–Crippen LogP) is 5.73. The van der Waals surface area contributed by atoms with E-state index < -0.39 is 11.9 Å². The van der Waals surface area contributed by atoms with Crippen molar-refractivity contribution < 1.29 is 18.7 Å². The number of aryl methyl sites for hydroxylation is 1. The summed E-state index contributed by atoms with van der Waals surface area (Å²) in [6, 6.07) is 17.6. The number of amides is 1. The van der Waals surface area contributed by atoms with Crippen LogP contribution in [0.5, 0.6) is 11.5 Å². The monoisotopic (exact) mass is 498 g/mol. The van der Waals surface area contributed by atoms with Crippen LogP contribution in [0.1, 0.15) is 40.2 Å². The molecule has 0 radical (unpaired) electrons. The third-order valence-corrected chi connectivity index (χ3v) is 7.58. The van der Waals surface area contributed by atoms with Gasteiger partial charge in [-0.25, -0.2) is 4.98 Å². The van der Waals surface area contributed by atoms with Crippen LogP contribution in [0, 0.1) is 0 Å². The number of para-hydroxylation sites is 2. The van der Waals surface area contributed by atoms with Crippen molar-refractivity contribution >= 4 is 43.6 Å². The summed E-state index contributed by atoms with van der Waals surface area (Å²) < 4.78 is 18.3. The zero-order valence-electron chi connectivity index (χ0n) is 19.9. The Morgan fingerprint density at radius 1 is 1.03 bits per heavy atom. The van der Waals surface area contributed by atoms with E-state index in [0.29, 0.717) is 33.2 Å². The lowest BCUT2D eigenvalue weighted by molar-refractivity contribution is 0.0971. The van der Waals surface area contributed by atoms with Crippen molar-refractivity contribution in [2.75, 3.05) is 19.1 Å². The maximum Gasteiger partial charge on any atom is 0.297 e. The van der Waals surface area contributed by atoms with Gasteiger partial charge in [0, 0.05) is 5.56 Å². The highest BCUT2D eigenvalue weighted by molar-refractivity contribution is 7.22. The van der Waals surface area contributed by atoms with Crippen molar-refractivity contribution in [3.8, 4) is 11.5 Å². The molecule has 3 heterocycles. The first kappa shape index (κ1) is 22.3. The van der Waals surface area contributed by atoms with Gasteiger partial charge in [-0.2, -0.15) is 0 Å². The second kappa shape index (κ2) is 8.49. The zero-order valence-corrected chi connectivity index (χ0v) is 20.7. The van der Waals surface area contributed by atoms with Gasteiger partial charge >= 0.3 is 0 Å². The fraction of sp³-hybridized carbons (Fsp3) is 0.179. The maximum absolute atomic E-state index is 13.9. The molecule has 7 nitrogen and oxygen atoms in total. The van der Waals surface area contributed by atoms with Crippen molar-refractivity contribution in [1.82, 2.24) is 4.98 Å². The molecule has 180 valence electrons. The van der Waals surface area contributed by atoms with E-state index in [4.69, 9.17) is 18.9 Å². The van der Waals surface area contributed by atoms with Crippen molar-refractivity contribution in [1.29, 1.82) is 0 Å². The van der Waals surface area contributed by atoms with E-state index in [2.05, 4.69) is 13.0 Å². The molecule has 1 aliphatic heterocycles. The maximum atomic E-state index is 13.9. The van der Waals surface area contributed by atoms with Gasteiger partial charge in [0.1, 0.15) is 11.6 Å². The van der Waals surface area contributed by atoms with Gasteiger partial charge in [0.15, 0.2) is 22.1 Å². The van der Waals surface area contributed by atoms with Crippen LogP contribution in [0.25, 0.3) is 21.2 Å². The van der Waals surface area contributed by atoms with Crippen LogP contribution in [-0.2, 0) is 6.42 Å². The molecule has 5 aromatic rings. The van der Waals surface area contributed by atoms with Gasteiger partial charge < -0.3 is 13.9 Å². The molecule has 0 aliphatic carbocycles. The number of rotatable bonds is 5. The van der Waals surface area contributed by atoms with E-state index in [1.807, 2.05) is 24.3 Å². The third-order valence-electron chi connectivity index (χ3n) is 6.56. The van der Waals surface area contributed by atoms with Crippen LogP contribution >= 0.6 is 11.3 Å². The van der Waals surface area contributed by atoms with Gasteiger partial charge in [0.2, 0.25) is 5.76 Å². The van der Waals surface area contributed by atoms with E-state index in [0.717, 1.165) is 16.6 Å². The van der Waals surface area contributed by atoms with Crippen molar-refractivity contribution in [2.45, 2.75) is 19.4 Å². The van der Waals surface area contributed by atoms with Crippen molar-refractivity contribution in [3.05, 3.63) is 93.3 Å². The molecular formula is C28H22N2O5S. The number of fused-ring (bicyclic) bond motifs is 3. The number of methoxy groups -OCH3 is 2. The Balaban J connectivity index is 1.65. The number of anilines is 1. The van der Waals surface area contributed by atoms with Gasteiger partial charge in [-0.15, -0.1) is 0 Å². The smallest absolute Gasteiger partial charge is 0.297 e. The van der Waals surface area contributed by atoms with Crippen LogP contribution in [0.2, 0.25) is 0 Å². The lowest BCUT2D eigenvalue weighted by Gasteiger charge is -2.24. The van der Waals surface area contributed by atoms with Crippen LogP contribution < -0.4 is 19.8 Å². The average Bonchev–Trinajstić information content (AvgIpc) is 3.46. The summed E-state index contributed by atoms with van der Waals surface area (Å²) in [6.07, 6.45) is 0.895. The number of carbonyl (C=O) groups is 1. The van der Waals surface area contributed by atoms with Crippen LogP contribution in [0.4, 0.5) is 5.13 Å². The number of ether oxygens (including phenoxy) is 2. The quantitative estimate of drug-likeness (QED) is 0.308. The number of thiazole rings is 1. The Labute approximate surface area is 210 Å². The molecule has 8 heteroatoms. The van der Waals surface area contributed by atoms with Crippen molar-refractivity contribution in [3.63, 3.8) is 0 Å².